The van der Waals surface area contributed by atoms with E-state index in [9.17, 15) is 0 Å². The summed E-state index contributed by atoms with van der Waals surface area (Å²) < 4.78 is 6.37. The molecule has 1 aliphatic heterocycles. The lowest BCUT2D eigenvalue weighted by atomic mass is 10.1. The van der Waals surface area contributed by atoms with E-state index in [4.69, 9.17) is 4.43 Å². The van der Waals surface area contributed by atoms with Gasteiger partial charge in [0.15, 0.2) is 8.32 Å². The summed E-state index contributed by atoms with van der Waals surface area (Å²) in [5, 5.41) is 3.67. The first-order valence-corrected chi connectivity index (χ1v) is 8.70. The van der Waals surface area contributed by atoms with Gasteiger partial charge in [-0.25, -0.2) is 0 Å². The number of hydrogen-bond donors (Lipinski definition) is 1. The molecule has 0 aromatic heterocycles. The Kier molecular flexibility index (Phi) is 3.79. The van der Waals surface area contributed by atoms with Crippen LogP contribution in [0.2, 0.25) is 18.1 Å². The van der Waals surface area contributed by atoms with Gasteiger partial charge in [0.05, 0.1) is 6.10 Å². The van der Waals surface area contributed by atoms with Crippen LogP contribution < -0.4 is 5.32 Å². The zero-order valence-corrected chi connectivity index (χ0v) is 11.8. The van der Waals surface area contributed by atoms with Crippen molar-refractivity contribution >= 4 is 8.32 Å². The molecule has 3 heteroatoms. The second-order valence-corrected chi connectivity index (χ2v) is 10.7. The van der Waals surface area contributed by atoms with E-state index in [2.05, 4.69) is 45.8 Å². The van der Waals surface area contributed by atoms with Gasteiger partial charge in [0.2, 0.25) is 0 Å². The van der Waals surface area contributed by atoms with E-state index in [1.165, 1.54) is 0 Å². The van der Waals surface area contributed by atoms with Crippen molar-refractivity contribution in [1.29, 1.82) is 0 Å². The fourth-order valence-corrected chi connectivity index (χ4v) is 2.96. The Morgan fingerprint density at radius 1 is 1.33 bits per heavy atom. The molecule has 15 heavy (non-hydrogen) atoms. The highest BCUT2D eigenvalue weighted by atomic mass is 28.4. The van der Waals surface area contributed by atoms with Crippen molar-refractivity contribution in [3.63, 3.8) is 0 Å². The van der Waals surface area contributed by atoms with Gasteiger partial charge < -0.3 is 9.74 Å². The molecule has 0 spiro atoms. The number of rotatable bonds is 3. The summed E-state index contributed by atoms with van der Waals surface area (Å²) in [6.07, 6.45) is 2.36. The van der Waals surface area contributed by atoms with Gasteiger partial charge in [0.25, 0.3) is 0 Å². The van der Waals surface area contributed by atoms with Crippen molar-refractivity contribution in [2.24, 2.45) is 5.92 Å². The van der Waals surface area contributed by atoms with Crippen molar-refractivity contribution in [1.82, 2.24) is 5.32 Å². The number of nitrogens with one attached hydrogen (secondary N) is 1. The van der Waals surface area contributed by atoms with Gasteiger partial charge in [-0.05, 0) is 18.1 Å². The third-order valence-electron chi connectivity index (χ3n) is 3.76. The van der Waals surface area contributed by atoms with Gasteiger partial charge in [0.1, 0.15) is 0 Å². The molecule has 0 aliphatic carbocycles. The minimum Gasteiger partial charge on any atom is -0.412 e. The van der Waals surface area contributed by atoms with E-state index >= 15 is 0 Å². The molecular weight excluding hydrogens is 202 g/mol. The zero-order valence-electron chi connectivity index (χ0n) is 10.8. The first-order valence-electron chi connectivity index (χ1n) is 5.79. The Bertz CT molecular complexity index is 232. The SMILES string of the molecule is C=C[C@@H]1CNC[C@H]1O[Si](C)(C)C(C)(C)C. The Hall–Kier alpha value is -0.123. The Morgan fingerprint density at radius 3 is 2.40 bits per heavy atom. The topological polar surface area (TPSA) is 21.3 Å². The summed E-state index contributed by atoms with van der Waals surface area (Å²) in [5.74, 6) is 0.485. The largest absolute Gasteiger partial charge is 0.412 e. The molecule has 0 aromatic carbocycles. The van der Waals surface area contributed by atoms with Crippen LogP contribution in [-0.4, -0.2) is 27.5 Å². The quantitative estimate of drug-likeness (QED) is 0.591. The van der Waals surface area contributed by atoms with Gasteiger partial charge in [-0.2, -0.15) is 0 Å². The molecule has 1 saturated heterocycles. The predicted molar refractivity (Wildman–Crippen MR) is 68.6 cm³/mol. The Morgan fingerprint density at radius 2 is 1.93 bits per heavy atom. The summed E-state index contributed by atoms with van der Waals surface area (Å²) in [6.45, 7) is 17.3. The Labute approximate surface area is 95.2 Å². The first kappa shape index (κ1) is 12.9. The van der Waals surface area contributed by atoms with E-state index in [-0.39, 0.29) is 0 Å². The van der Waals surface area contributed by atoms with Crippen LogP contribution in [0.25, 0.3) is 0 Å². The molecule has 0 amide bonds. The van der Waals surface area contributed by atoms with Gasteiger partial charge in [0, 0.05) is 19.0 Å². The van der Waals surface area contributed by atoms with Crippen LogP contribution in [0.15, 0.2) is 12.7 Å². The van der Waals surface area contributed by atoms with Gasteiger partial charge in [-0.15, -0.1) is 6.58 Å². The van der Waals surface area contributed by atoms with E-state index in [0.29, 0.717) is 17.1 Å². The van der Waals surface area contributed by atoms with Crippen LogP contribution in [0.5, 0.6) is 0 Å². The molecule has 2 nitrogen and oxygen atoms in total. The molecule has 1 heterocycles. The molecular formula is C12H25NOSi. The summed E-state index contributed by atoms with van der Waals surface area (Å²) in [5.41, 5.74) is 0. The highest BCUT2D eigenvalue weighted by Crippen LogP contribution is 2.38. The highest BCUT2D eigenvalue weighted by Gasteiger charge is 2.41. The van der Waals surface area contributed by atoms with Crippen LogP contribution in [0.4, 0.5) is 0 Å². The maximum Gasteiger partial charge on any atom is 0.192 e. The van der Waals surface area contributed by atoms with Crippen LogP contribution in [0, 0.1) is 5.92 Å². The molecule has 0 aromatic rings. The number of hydrogen-bond acceptors (Lipinski definition) is 2. The van der Waals surface area contributed by atoms with E-state index < -0.39 is 8.32 Å². The predicted octanol–water partition coefficient (Wildman–Crippen LogP) is 2.78. The van der Waals surface area contributed by atoms with Crippen molar-refractivity contribution < 1.29 is 4.43 Å². The smallest absolute Gasteiger partial charge is 0.192 e. The minimum atomic E-state index is -1.62. The lowest BCUT2D eigenvalue weighted by Crippen LogP contribution is -2.45. The molecule has 0 radical (unpaired) electrons. The lowest BCUT2D eigenvalue weighted by molar-refractivity contribution is 0.173. The van der Waals surface area contributed by atoms with Crippen molar-refractivity contribution in [2.75, 3.05) is 13.1 Å². The molecule has 0 bridgehead atoms. The van der Waals surface area contributed by atoms with Gasteiger partial charge >= 0.3 is 0 Å². The fraction of sp³-hybridized carbons (Fsp3) is 0.833. The first-order chi connectivity index (χ1) is 6.78. The Balaban J connectivity index is 2.64. The van der Waals surface area contributed by atoms with Crippen LogP contribution in [0.3, 0.4) is 0 Å². The molecule has 2 atom stereocenters. The maximum absolute atomic E-state index is 6.37. The van der Waals surface area contributed by atoms with Crippen molar-refractivity contribution in [3.05, 3.63) is 12.7 Å². The average molecular weight is 227 g/mol. The maximum atomic E-state index is 6.37. The normalized spacial score (nSPS) is 28.1. The van der Waals surface area contributed by atoms with Gasteiger partial charge in [-0.1, -0.05) is 26.8 Å². The second-order valence-electron chi connectivity index (χ2n) is 5.97. The highest BCUT2D eigenvalue weighted by molar-refractivity contribution is 6.74. The third-order valence-corrected chi connectivity index (χ3v) is 8.26. The van der Waals surface area contributed by atoms with E-state index in [0.717, 1.165) is 13.1 Å². The van der Waals surface area contributed by atoms with Crippen LogP contribution >= 0.6 is 0 Å². The summed E-state index contributed by atoms with van der Waals surface area (Å²) >= 11 is 0. The van der Waals surface area contributed by atoms with Gasteiger partial charge in [-0.3, -0.25) is 0 Å². The summed E-state index contributed by atoms with van der Waals surface area (Å²) in [4.78, 5) is 0. The molecule has 1 aliphatic rings. The molecule has 88 valence electrons. The third kappa shape index (κ3) is 2.92. The van der Waals surface area contributed by atoms with E-state index in [1.54, 1.807) is 0 Å². The summed E-state index contributed by atoms with van der Waals surface area (Å²) in [6, 6.07) is 0. The molecule has 1 N–H and O–H groups in total. The van der Waals surface area contributed by atoms with Crippen molar-refractivity contribution in [3.8, 4) is 0 Å². The summed E-state index contributed by atoms with van der Waals surface area (Å²) in [7, 11) is -1.62. The fourth-order valence-electron chi connectivity index (χ4n) is 1.59. The van der Waals surface area contributed by atoms with Crippen LogP contribution in [0.1, 0.15) is 20.8 Å². The zero-order chi connectivity index (χ0) is 11.7. The monoisotopic (exact) mass is 227 g/mol. The molecule has 1 rings (SSSR count). The minimum absolute atomic E-state index is 0.293. The molecule has 1 fully saturated rings. The van der Waals surface area contributed by atoms with Crippen molar-refractivity contribution in [2.45, 2.75) is 45.0 Å². The second kappa shape index (κ2) is 4.40. The molecule has 0 unspecified atom stereocenters. The van der Waals surface area contributed by atoms with E-state index in [1.807, 2.05) is 6.08 Å². The molecule has 0 saturated carbocycles. The standard InChI is InChI=1S/C12H25NOSi/c1-7-10-8-13-9-11(10)14-15(5,6)12(2,3)4/h7,10-11,13H,1,8-9H2,2-6H3/t10-,11-/m1/s1. The lowest BCUT2D eigenvalue weighted by Gasteiger charge is -2.39. The average Bonchev–Trinajstić information content (AvgIpc) is 2.48. The van der Waals surface area contributed by atoms with Crippen LogP contribution in [-0.2, 0) is 4.43 Å².